The van der Waals surface area contributed by atoms with E-state index in [2.05, 4.69) is 26.5 Å². The molecule has 0 unspecified atom stereocenters. The van der Waals surface area contributed by atoms with Gasteiger partial charge in [0.25, 0.3) is 5.91 Å². The van der Waals surface area contributed by atoms with E-state index in [4.69, 9.17) is 11.6 Å². The van der Waals surface area contributed by atoms with Crippen LogP contribution < -0.4 is 5.43 Å². The first-order valence-electron chi connectivity index (χ1n) is 6.56. The summed E-state index contributed by atoms with van der Waals surface area (Å²) in [6.07, 6.45) is 1.10. The lowest BCUT2D eigenvalue weighted by molar-refractivity contribution is -0.385. The van der Waals surface area contributed by atoms with Crippen molar-refractivity contribution in [2.45, 2.75) is 6.92 Å². The monoisotopic (exact) mass is 411 g/mol. The predicted octanol–water partition coefficient (Wildman–Crippen LogP) is 3.79. The standard InChI is InChI=1S/C15H11BrClN3O4/c1-8-2-3-11(12(17)4-8)15(22)19-18-7-9-5-10(16)6-13(14(9)21)20(23)24/h2-7,21H,1H3,(H,19,22). The van der Waals surface area contributed by atoms with Gasteiger partial charge in [0, 0.05) is 16.1 Å². The van der Waals surface area contributed by atoms with Crippen molar-refractivity contribution in [2.24, 2.45) is 5.10 Å². The van der Waals surface area contributed by atoms with Crippen LogP contribution in [0.1, 0.15) is 21.5 Å². The van der Waals surface area contributed by atoms with Crippen molar-refractivity contribution in [2.75, 3.05) is 0 Å². The second-order valence-electron chi connectivity index (χ2n) is 4.80. The molecule has 0 aliphatic carbocycles. The third-order valence-electron chi connectivity index (χ3n) is 3.02. The van der Waals surface area contributed by atoms with Crippen molar-refractivity contribution in [3.63, 3.8) is 0 Å². The number of carbonyl (C=O) groups is 1. The van der Waals surface area contributed by atoms with Crippen molar-refractivity contribution < 1.29 is 14.8 Å². The minimum atomic E-state index is -0.720. The average molecular weight is 413 g/mol. The molecule has 0 heterocycles. The summed E-state index contributed by atoms with van der Waals surface area (Å²) in [5, 5.41) is 24.7. The molecule has 0 radical (unpaired) electrons. The van der Waals surface area contributed by atoms with Crippen LogP contribution in [-0.4, -0.2) is 22.2 Å². The van der Waals surface area contributed by atoms with Crippen LogP contribution in [0, 0.1) is 17.0 Å². The molecule has 0 aliphatic heterocycles. The largest absolute Gasteiger partial charge is 0.502 e. The number of benzene rings is 2. The van der Waals surface area contributed by atoms with E-state index in [-0.39, 0.29) is 16.1 Å². The maximum Gasteiger partial charge on any atom is 0.312 e. The minimum absolute atomic E-state index is 0.0754. The lowest BCUT2D eigenvalue weighted by atomic mass is 10.1. The molecule has 9 heteroatoms. The summed E-state index contributed by atoms with van der Waals surface area (Å²) in [5.74, 6) is -1.09. The van der Waals surface area contributed by atoms with Gasteiger partial charge in [-0.3, -0.25) is 14.9 Å². The van der Waals surface area contributed by atoms with Gasteiger partial charge in [-0.1, -0.05) is 33.6 Å². The number of halogens is 2. The van der Waals surface area contributed by atoms with Gasteiger partial charge in [-0.05, 0) is 30.7 Å². The van der Waals surface area contributed by atoms with E-state index < -0.39 is 22.3 Å². The number of amides is 1. The zero-order valence-electron chi connectivity index (χ0n) is 12.3. The van der Waals surface area contributed by atoms with Crippen molar-refractivity contribution in [1.29, 1.82) is 0 Å². The zero-order chi connectivity index (χ0) is 17.9. The van der Waals surface area contributed by atoms with Crippen LogP contribution in [0.3, 0.4) is 0 Å². The van der Waals surface area contributed by atoms with Gasteiger partial charge < -0.3 is 5.11 Å². The van der Waals surface area contributed by atoms with Gasteiger partial charge in [0.05, 0.1) is 21.7 Å². The zero-order valence-corrected chi connectivity index (χ0v) is 14.6. The van der Waals surface area contributed by atoms with Crippen LogP contribution in [0.25, 0.3) is 0 Å². The number of carbonyl (C=O) groups excluding carboxylic acids is 1. The highest BCUT2D eigenvalue weighted by Gasteiger charge is 2.17. The number of rotatable bonds is 4. The Bertz CT molecular complexity index is 855. The van der Waals surface area contributed by atoms with Gasteiger partial charge in [0.2, 0.25) is 5.75 Å². The van der Waals surface area contributed by atoms with Gasteiger partial charge in [0.1, 0.15) is 0 Å². The highest BCUT2D eigenvalue weighted by atomic mass is 79.9. The number of hydrazone groups is 1. The highest BCUT2D eigenvalue weighted by Crippen LogP contribution is 2.32. The Morgan fingerprint density at radius 2 is 2.12 bits per heavy atom. The Kier molecular flexibility index (Phi) is 5.53. The molecule has 0 aliphatic rings. The molecule has 0 aromatic heterocycles. The van der Waals surface area contributed by atoms with Crippen molar-refractivity contribution in [1.82, 2.24) is 5.43 Å². The normalized spacial score (nSPS) is 10.8. The van der Waals surface area contributed by atoms with E-state index in [1.807, 2.05) is 6.92 Å². The number of hydrogen-bond acceptors (Lipinski definition) is 5. The minimum Gasteiger partial charge on any atom is -0.502 e. The number of nitro benzene ring substituents is 1. The van der Waals surface area contributed by atoms with Crippen molar-refractivity contribution in [3.05, 3.63) is 66.6 Å². The van der Waals surface area contributed by atoms with Crippen LogP contribution in [0.5, 0.6) is 5.75 Å². The van der Waals surface area contributed by atoms with E-state index in [1.54, 1.807) is 18.2 Å². The summed E-state index contributed by atoms with van der Waals surface area (Å²) in [6.45, 7) is 1.84. The fourth-order valence-electron chi connectivity index (χ4n) is 1.87. The number of phenolic OH excluding ortho intramolecular Hbond substituents is 1. The molecule has 0 bridgehead atoms. The van der Waals surface area contributed by atoms with Crippen LogP contribution in [-0.2, 0) is 0 Å². The number of nitrogens with zero attached hydrogens (tertiary/aromatic N) is 2. The molecule has 2 N–H and O–H groups in total. The van der Waals surface area contributed by atoms with Crippen LogP contribution in [0.4, 0.5) is 5.69 Å². The van der Waals surface area contributed by atoms with E-state index in [0.717, 1.165) is 17.8 Å². The number of nitro groups is 1. The number of nitrogens with one attached hydrogen (secondary N) is 1. The lowest BCUT2D eigenvalue weighted by Gasteiger charge is -2.04. The van der Waals surface area contributed by atoms with Crippen LogP contribution in [0.2, 0.25) is 5.02 Å². The van der Waals surface area contributed by atoms with E-state index >= 15 is 0 Å². The Balaban J connectivity index is 2.20. The molecule has 24 heavy (non-hydrogen) atoms. The molecule has 0 fully saturated rings. The first-order chi connectivity index (χ1) is 11.3. The summed E-state index contributed by atoms with van der Waals surface area (Å²) in [4.78, 5) is 22.1. The van der Waals surface area contributed by atoms with Gasteiger partial charge in [-0.25, -0.2) is 5.43 Å². The topological polar surface area (TPSA) is 105 Å². The fourth-order valence-corrected chi connectivity index (χ4v) is 2.65. The number of aromatic hydroxyl groups is 1. The van der Waals surface area contributed by atoms with Crippen molar-refractivity contribution in [3.8, 4) is 5.75 Å². The van der Waals surface area contributed by atoms with E-state index in [1.165, 1.54) is 6.07 Å². The summed E-state index contributed by atoms with van der Waals surface area (Å²) < 4.78 is 0.390. The fraction of sp³-hybridized carbons (Fsp3) is 0.0667. The third kappa shape index (κ3) is 4.09. The van der Waals surface area contributed by atoms with E-state index in [0.29, 0.717) is 4.47 Å². The Morgan fingerprint density at radius 3 is 2.75 bits per heavy atom. The second kappa shape index (κ2) is 7.41. The summed E-state index contributed by atoms with van der Waals surface area (Å²) >= 11 is 9.10. The molecule has 0 saturated heterocycles. The molecule has 2 aromatic carbocycles. The number of phenols is 1. The molecular formula is C15H11BrClN3O4. The van der Waals surface area contributed by atoms with Crippen LogP contribution >= 0.6 is 27.5 Å². The molecular weight excluding hydrogens is 402 g/mol. The smallest absolute Gasteiger partial charge is 0.312 e. The van der Waals surface area contributed by atoms with Gasteiger partial charge in [-0.2, -0.15) is 5.10 Å². The first-order valence-corrected chi connectivity index (χ1v) is 7.73. The van der Waals surface area contributed by atoms with E-state index in [9.17, 15) is 20.0 Å². The highest BCUT2D eigenvalue weighted by molar-refractivity contribution is 9.10. The summed E-state index contributed by atoms with van der Waals surface area (Å²) in [5.41, 5.74) is 3.00. The average Bonchev–Trinajstić information content (AvgIpc) is 2.49. The maximum absolute atomic E-state index is 12.0. The quantitative estimate of drug-likeness (QED) is 0.453. The number of hydrogen-bond donors (Lipinski definition) is 2. The number of aryl methyl sites for hydroxylation is 1. The predicted molar refractivity (Wildman–Crippen MR) is 93.7 cm³/mol. The molecule has 0 atom stereocenters. The Morgan fingerprint density at radius 1 is 1.42 bits per heavy atom. The lowest BCUT2D eigenvalue weighted by Crippen LogP contribution is -2.18. The first kappa shape index (κ1) is 17.9. The van der Waals surface area contributed by atoms with Gasteiger partial charge in [0.15, 0.2) is 0 Å². The summed E-state index contributed by atoms with van der Waals surface area (Å²) in [6, 6.07) is 7.52. The van der Waals surface area contributed by atoms with Gasteiger partial charge >= 0.3 is 5.69 Å². The molecule has 7 nitrogen and oxygen atoms in total. The Labute approximate surface area is 150 Å². The molecule has 124 valence electrons. The third-order valence-corrected chi connectivity index (χ3v) is 3.79. The second-order valence-corrected chi connectivity index (χ2v) is 6.13. The van der Waals surface area contributed by atoms with Crippen molar-refractivity contribution >= 4 is 45.3 Å². The molecule has 0 saturated carbocycles. The van der Waals surface area contributed by atoms with Crippen LogP contribution in [0.15, 0.2) is 39.9 Å². The Hall–Kier alpha value is -2.45. The molecule has 0 spiro atoms. The SMILES string of the molecule is Cc1ccc(C(=O)NN=Cc2cc(Br)cc([N+](=O)[O-])c2O)c(Cl)c1. The van der Waals surface area contributed by atoms with Gasteiger partial charge in [-0.15, -0.1) is 0 Å². The molecule has 2 aromatic rings. The molecule has 1 amide bonds. The maximum atomic E-state index is 12.0. The molecule has 2 rings (SSSR count). The summed E-state index contributed by atoms with van der Waals surface area (Å²) in [7, 11) is 0.